The molecule has 0 atom stereocenters. The van der Waals surface area contributed by atoms with Gasteiger partial charge < -0.3 is 4.74 Å². The smallest absolute Gasteiger partial charge is 0.200 e. The molecule has 120 valence electrons. The van der Waals surface area contributed by atoms with Crippen LogP contribution in [-0.2, 0) is 11.3 Å². The molecular formula is C15H12FN7O. The Labute approximate surface area is 135 Å². The van der Waals surface area contributed by atoms with Crippen LogP contribution in [0, 0.1) is 5.82 Å². The Hall–Kier alpha value is -3.20. The van der Waals surface area contributed by atoms with Crippen LogP contribution in [-0.4, -0.2) is 43.6 Å². The van der Waals surface area contributed by atoms with Crippen molar-refractivity contribution < 1.29 is 9.13 Å². The van der Waals surface area contributed by atoms with Crippen LogP contribution in [0.3, 0.4) is 0 Å². The number of fused-ring (bicyclic) bond motifs is 2. The zero-order valence-electron chi connectivity index (χ0n) is 12.7. The fourth-order valence-electron chi connectivity index (χ4n) is 2.56. The summed E-state index contributed by atoms with van der Waals surface area (Å²) in [4.78, 5) is 12.3. The summed E-state index contributed by atoms with van der Waals surface area (Å²) in [5.41, 5.74) is 2.37. The maximum absolute atomic E-state index is 13.5. The molecule has 4 aromatic rings. The highest BCUT2D eigenvalue weighted by molar-refractivity contribution is 5.89. The van der Waals surface area contributed by atoms with Gasteiger partial charge >= 0.3 is 0 Å². The minimum atomic E-state index is -0.464. The van der Waals surface area contributed by atoms with Crippen LogP contribution in [0.5, 0.6) is 0 Å². The Bertz CT molecular complexity index is 1070. The van der Waals surface area contributed by atoms with Gasteiger partial charge in [0.15, 0.2) is 11.5 Å². The Morgan fingerprint density at radius 1 is 1.42 bits per heavy atom. The van der Waals surface area contributed by atoms with E-state index in [1.54, 1.807) is 11.6 Å². The number of methoxy groups -OCH3 is 1. The number of aliphatic imine (C=N–C) groups is 1. The molecule has 0 aliphatic carbocycles. The van der Waals surface area contributed by atoms with Crippen molar-refractivity contribution in [3.8, 4) is 11.5 Å². The van der Waals surface area contributed by atoms with Crippen LogP contribution in [0.4, 0.5) is 10.2 Å². The number of hydrogen-bond donors (Lipinski definition) is 1. The van der Waals surface area contributed by atoms with E-state index in [1.807, 2.05) is 12.1 Å². The zero-order valence-corrected chi connectivity index (χ0v) is 12.7. The molecule has 8 nitrogen and oxygen atoms in total. The summed E-state index contributed by atoms with van der Waals surface area (Å²) in [6, 6.07) is 5.05. The van der Waals surface area contributed by atoms with E-state index in [2.05, 4.69) is 37.0 Å². The normalized spacial score (nSPS) is 11.4. The second-order valence-electron chi connectivity index (χ2n) is 5.10. The predicted molar refractivity (Wildman–Crippen MR) is 85.7 cm³/mol. The molecule has 4 aromatic heterocycles. The second-order valence-corrected chi connectivity index (χ2v) is 5.10. The summed E-state index contributed by atoms with van der Waals surface area (Å²) in [5.74, 6) is 0.261. The first kappa shape index (κ1) is 14.4. The lowest BCUT2D eigenvalue weighted by atomic mass is 10.2. The third-order valence-electron chi connectivity index (χ3n) is 3.61. The molecule has 0 aromatic carbocycles. The van der Waals surface area contributed by atoms with Crippen LogP contribution in [0.1, 0.15) is 5.69 Å². The number of H-pyrrole nitrogens is 1. The van der Waals surface area contributed by atoms with Gasteiger partial charge in [-0.3, -0.25) is 5.10 Å². The third kappa shape index (κ3) is 2.14. The predicted octanol–water partition coefficient (Wildman–Crippen LogP) is 2.29. The number of nitrogens with one attached hydrogen (secondary N) is 1. The summed E-state index contributed by atoms with van der Waals surface area (Å²) < 4.78 is 20.4. The van der Waals surface area contributed by atoms with Gasteiger partial charge in [-0.25, -0.2) is 23.9 Å². The van der Waals surface area contributed by atoms with Gasteiger partial charge in [0.05, 0.1) is 23.9 Å². The highest BCUT2D eigenvalue weighted by Crippen LogP contribution is 2.27. The van der Waals surface area contributed by atoms with Crippen LogP contribution in [0.15, 0.2) is 29.4 Å². The molecule has 4 heterocycles. The van der Waals surface area contributed by atoms with Crippen LogP contribution in [0.2, 0.25) is 0 Å². The molecule has 0 aliphatic heterocycles. The molecule has 0 saturated heterocycles. The molecule has 0 saturated carbocycles. The average Bonchev–Trinajstić information content (AvgIpc) is 3.18. The van der Waals surface area contributed by atoms with E-state index in [-0.39, 0.29) is 0 Å². The van der Waals surface area contributed by atoms with E-state index >= 15 is 0 Å². The van der Waals surface area contributed by atoms with Gasteiger partial charge in [0.25, 0.3) is 0 Å². The molecule has 0 fully saturated rings. The van der Waals surface area contributed by atoms with Gasteiger partial charge in [0.1, 0.15) is 17.0 Å². The lowest BCUT2D eigenvalue weighted by molar-refractivity contribution is 0.180. The standard InChI is InChI=1S/C15H12FN7O/c1-17-14-11-4-3-9(7-24-2)23(11)22-15(19-14)12-10-5-8(16)6-18-13(10)21-20-12/h3-6H,1,7H2,2H3,(H,18,20,21). The number of pyridine rings is 1. The number of rotatable bonds is 4. The van der Waals surface area contributed by atoms with Crippen LogP contribution >= 0.6 is 0 Å². The number of aromatic nitrogens is 6. The number of halogens is 1. The third-order valence-corrected chi connectivity index (χ3v) is 3.61. The minimum Gasteiger partial charge on any atom is -0.378 e. The number of ether oxygens (including phenoxy) is 1. The fourth-order valence-corrected chi connectivity index (χ4v) is 2.56. The van der Waals surface area contributed by atoms with Gasteiger partial charge in [-0.05, 0) is 24.9 Å². The molecule has 1 N–H and O–H groups in total. The van der Waals surface area contributed by atoms with Crippen molar-refractivity contribution in [2.75, 3.05) is 7.11 Å². The molecule has 0 spiro atoms. The number of aromatic amines is 1. The van der Waals surface area contributed by atoms with Crippen molar-refractivity contribution in [2.24, 2.45) is 4.99 Å². The summed E-state index contributed by atoms with van der Waals surface area (Å²) in [6.07, 6.45) is 1.11. The lowest BCUT2D eigenvalue weighted by Crippen LogP contribution is -2.03. The monoisotopic (exact) mass is 325 g/mol. The molecule has 4 rings (SSSR count). The van der Waals surface area contributed by atoms with Crippen molar-refractivity contribution in [3.05, 3.63) is 35.9 Å². The van der Waals surface area contributed by atoms with Gasteiger partial charge in [-0.1, -0.05) is 0 Å². The van der Waals surface area contributed by atoms with Crippen molar-refractivity contribution >= 4 is 29.1 Å². The maximum Gasteiger partial charge on any atom is 0.200 e. The topological polar surface area (TPSA) is 93.3 Å². The van der Waals surface area contributed by atoms with Crippen LogP contribution in [0.25, 0.3) is 28.1 Å². The molecule has 0 bridgehead atoms. The molecular weight excluding hydrogens is 313 g/mol. The highest BCUT2D eigenvalue weighted by Gasteiger charge is 2.16. The molecule has 0 unspecified atom stereocenters. The molecule has 9 heteroatoms. The molecule has 0 radical (unpaired) electrons. The van der Waals surface area contributed by atoms with Crippen molar-refractivity contribution in [1.82, 2.24) is 29.8 Å². The van der Waals surface area contributed by atoms with Gasteiger partial charge in [0, 0.05) is 7.11 Å². The maximum atomic E-state index is 13.5. The van der Waals surface area contributed by atoms with Crippen molar-refractivity contribution in [2.45, 2.75) is 6.61 Å². The van der Waals surface area contributed by atoms with E-state index < -0.39 is 5.82 Å². The van der Waals surface area contributed by atoms with E-state index in [0.29, 0.717) is 40.5 Å². The molecule has 0 aliphatic rings. The summed E-state index contributed by atoms with van der Waals surface area (Å²) in [7, 11) is 1.60. The molecule has 0 amide bonds. The van der Waals surface area contributed by atoms with Crippen molar-refractivity contribution in [1.29, 1.82) is 0 Å². The Kier molecular flexibility index (Phi) is 3.28. The first-order valence-electron chi connectivity index (χ1n) is 7.05. The zero-order chi connectivity index (χ0) is 16.7. The van der Waals surface area contributed by atoms with E-state index in [1.165, 1.54) is 6.07 Å². The lowest BCUT2D eigenvalue weighted by Gasteiger charge is -2.05. The quantitative estimate of drug-likeness (QED) is 0.581. The Morgan fingerprint density at radius 2 is 2.29 bits per heavy atom. The van der Waals surface area contributed by atoms with Crippen LogP contribution < -0.4 is 0 Å². The van der Waals surface area contributed by atoms with Gasteiger partial charge in [-0.15, -0.1) is 5.10 Å². The largest absolute Gasteiger partial charge is 0.378 e. The fraction of sp³-hybridized carbons (Fsp3) is 0.133. The van der Waals surface area contributed by atoms with E-state index in [0.717, 1.165) is 11.9 Å². The first-order valence-corrected chi connectivity index (χ1v) is 7.05. The summed E-state index contributed by atoms with van der Waals surface area (Å²) in [6.45, 7) is 3.93. The molecule has 24 heavy (non-hydrogen) atoms. The average molecular weight is 325 g/mol. The highest BCUT2D eigenvalue weighted by atomic mass is 19.1. The van der Waals surface area contributed by atoms with E-state index in [9.17, 15) is 4.39 Å². The Balaban J connectivity index is 1.99. The van der Waals surface area contributed by atoms with E-state index in [4.69, 9.17) is 4.74 Å². The number of hydrogen-bond acceptors (Lipinski definition) is 6. The van der Waals surface area contributed by atoms with Gasteiger partial charge in [0.2, 0.25) is 5.82 Å². The Morgan fingerprint density at radius 3 is 3.08 bits per heavy atom. The minimum absolute atomic E-state index is 0.313. The van der Waals surface area contributed by atoms with Gasteiger partial charge in [-0.2, -0.15) is 5.10 Å². The first-order chi connectivity index (χ1) is 11.7. The second kappa shape index (κ2) is 5.46. The van der Waals surface area contributed by atoms with Crippen molar-refractivity contribution in [3.63, 3.8) is 0 Å². The number of nitrogens with zero attached hydrogens (tertiary/aromatic N) is 6. The SMILES string of the molecule is C=Nc1nc(-c2[nH]nc3ncc(F)cc23)nn2c(COC)ccc12. The summed E-state index contributed by atoms with van der Waals surface area (Å²) in [5, 5.41) is 11.9. The summed E-state index contributed by atoms with van der Waals surface area (Å²) >= 11 is 0.